The van der Waals surface area contributed by atoms with E-state index in [2.05, 4.69) is 5.10 Å². The summed E-state index contributed by atoms with van der Waals surface area (Å²) in [5, 5.41) is 4.25. The van der Waals surface area contributed by atoms with Crippen molar-refractivity contribution in [1.82, 2.24) is 14.5 Å². The molecule has 19 heavy (non-hydrogen) atoms. The fourth-order valence-corrected chi connectivity index (χ4v) is 2.89. The molecule has 2 aromatic rings. The predicted octanol–water partition coefficient (Wildman–Crippen LogP) is 1.26. The molecule has 0 radical (unpaired) electrons. The van der Waals surface area contributed by atoms with Crippen molar-refractivity contribution in [2.45, 2.75) is 18.9 Å². The van der Waals surface area contributed by atoms with Crippen molar-refractivity contribution in [3.05, 3.63) is 35.7 Å². The molecule has 0 bridgehead atoms. The third-order valence-corrected chi connectivity index (χ3v) is 4.27. The summed E-state index contributed by atoms with van der Waals surface area (Å²) >= 11 is 0. The number of rotatable bonds is 1. The average Bonchev–Trinajstić information content (AvgIpc) is 2.68. The highest BCUT2D eigenvalue weighted by atomic mass is 16.5. The Morgan fingerprint density at radius 1 is 1.47 bits per heavy atom. The Morgan fingerprint density at radius 2 is 2.32 bits per heavy atom. The fraction of sp³-hybridized carbons (Fsp3) is 0.429. The molecule has 1 amide bonds. The Bertz CT molecular complexity index is 667. The second-order valence-electron chi connectivity index (χ2n) is 5.52. The first-order chi connectivity index (χ1) is 9.20. The summed E-state index contributed by atoms with van der Waals surface area (Å²) in [6.45, 7) is 4.20. The molecule has 1 spiro atoms. The molecule has 0 unspecified atom stereocenters. The van der Waals surface area contributed by atoms with E-state index >= 15 is 0 Å². The van der Waals surface area contributed by atoms with Crippen LogP contribution in [-0.2, 0) is 4.74 Å². The standard InChI is InChI=1S/C14H15N3O2/c1-10-2-4-17-12(6-10)11(7-15-17)13(18)16-5-3-14(16)8-19-9-14/h2,4,6-7H,3,5,8-9H2,1H3. The highest BCUT2D eigenvalue weighted by molar-refractivity contribution is 6.01. The van der Waals surface area contributed by atoms with Gasteiger partial charge in [0.2, 0.25) is 0 Å². The van der Waals surface area contributed by atoms with Crippen LogP contribution in [0.4, 0.5) is 0 Å². The zero-order chi connectivity index (χ0) is 13.0. The van der Waals surface area contributed by atoms with Gasteiger partial charge in [0, 0.05) is 12.7 Å². The number of ether oxygens (including phenoxy) is 1. The van der Waals surface area contributed by atoms with Gasteiger partial charge in [-0.25, -0.2) is 4.52 Å². The first kappa shape index (κ1) is 11.0. The SMILES string of the molecule is Cc1ccn2ncc(C(=O)N3CCC34COC4)c2c1. The van der Waals surface area contributed by atoms with E-state index < -0.39 is 0 Å². The number of pyridine rings is 1. The van der Waals surface area contributed by atoms with Crippen molar-refractivity contribution < 1.29 is 9.53 Å². The van der Waals surface area contributed by atoms with Gasteiger partial charge >= 0.3 is 0 Å². The molecule has 0 aliphatic carbocycles. The summed E-state index contributed by atoms with van der Waals surface area (Å²) in [6.07, 6.45) is 4.61. The highest BCUT2D eigenvalue weighted by Crippen LogP contribution is 2.38. The Kier molecular flexibility index (Phi) is 2.07. The Balaban J connectivity index is 1.74. The topological polar surface area (TPSA) is 46.8 Å². The molecular formula is C14H15N3O2. The third-order valence-electron chi connectivity index (χ3n) is 4.27. The van der Waals surface area contributed by atoms with Crippen molar-refractivity contribution in [3.63, 3.8) is 0 Å². The number of amides is 1. The Hall–Kier alpha value is -1.88. The van der Waals surface area contributed by atoms with Gasteiger partial charge in [0.25, 0.3) is 5.91 Å². The van der Waals surface area contributed by atoms with Crippen molar-refractivity contribution in [1.29, 1.82) is 0 Å². The van der Waals surface area contributed by atoms with Crippen molar-refractivity contribution >= 4 is 11.4 Å². The predicted molar refractivity (Wildman–Crippen MR) is 69.1 cm³/mol. The van der Waals surface area contributed by atoms with Gasteiger partial charge in [0.15, 0.2) is 0 Å². The van der Waals surface area contributed by atoms with Crippen molar-refractivity contribution in [2.75, 3.05) is 19.8 Å². The van der Waals surface area contributed by atoms with Gasteiger partial charge in [0.1, 0.15) is 0 Å². The van der Waals surface area contributed by atoms with Crippen LogP contribution in [0.3, 0.4) is 0 Å². The van der Waals surface area contributed by atoms with Gasteiger partial charge < -0.3 is 9.64 Å². The molecule has 5 heteroatoms. The van der Waals surface area contributed by atoms with Crippen LogP contribution in [0.15, 0.2) is 24.5 Å². The molecule has 0 aromatic carbocycles. The second-order valence-corrected chi connectivity index (χ2v) is 5.52. The van der Waals surface area contributed by atoms with Crippen LogP contribution in [0.5, 0.6) is 0 Å². The van der Waals surface area contributed by atoms with E-state index in [-0.39, 0.29) is 11.4 Å². The first-order valence-electron chi connectivity index (χ1n) is 6.53. The number of hydrogen-bond donors (Lipinski definition) is 0. The lowest BCUT2D eigenvalue weighted by atomic mass is 9.82. The molecule has 2 aliphatic heterocycles. The minimum absolute atomic E-state index is 0.0187. The van der Waals surface area contributed by atoms with E-state index in [1.165, 1.54) is 0 Å². The molecular weight excluding hydrogens is 242 g/mol. The van der Waals surface area contributed by atoms with E-state index in [9.17, 15) is 4.79 Å². The maximum Gasteiger partial charge on any atom is 0.258 e. The van der Waals surface area contributed by atoms with Crippen LogP contribution in [0.2, 0.25) is 0 Å². The summed E-state index contributed by atoms with van der Waals surface area (Å²) in [6, 6.07) is 3.99. The number of carbonyl (C=O) groups excluding carboxylic acids is 1. The Labute approximate surface area is 110 Å². The quantitative estimate of drug-likeness (QED) is 0.772. The number of nitrogens with zero attached hydrogens (tertiary/aromatic N) is 3. The largest absolute Gasteiger partial charge is 0.376 e. The van der Waals surface area contributed by atoms with Gasteiger partial charge in [0.05, 0.1) is 36.0 Å². The number of likely N-dealkylation sites (tertiary alicyclic amines) is 1. The first-order valence-corrected chi connectivity index (χ1v) is 6.53. The van der Waals surface area contributed by atoms with E-state index in [0.717, 1.165) is 24.0 Å². The monoisotopic (exact) mass is 257 g/mol. The highest BCUT2D eigenvalue weighted by Gasteiger charge is 2.53. The van der Waals surface area contributed by atoms with Crippen LogP contribution in [0, 0.1) is 6.92 Å². The lowest BCUT2D eigenvalue weighted by Gasteiger charge is -2.57. The smallest absolute Gasteiger partial charge is 0.258 e. The van der Waals surface area contributed by atoms with Crippen molar-refractivity contribution in [2.24, 2.45) is 0 Å². The molecule has 2 fully saturated rings. The molecule has 4 rings (SSSR count). The molecule has 5 nitrogen and oxygen atoms in total. The number of fused-ring (bicyclic) bond motifs is 1. The second kappa shape index (κ2) is 3.57. The summed E-state index contributed by atoms with van der Waals surface area (Å²) in [5.74, 6) is 0.0788. The lowest BCUT2D eigenvalue weighted by molar-refractivity contribution is -0.172. The summed E-state index contributed by atoms with van der Waals surface area (Å²) in [4.78, 5) is 14.6. The summed E-state index contributed by atoms with van der Waals surface area (Å²) in [7, 11) is 0. The molecule has 2 aliphatic rings. The average molecular weight is 257 g/mol. The zero-order valence-corrected chi connectivity index (χ0v) is 10.8. The van der Waals surface area contributed by atoms with Crippen LogP contribution < -0.4 is 0 Å². The molecule has 2 saturated heterocycles. The van der Waals surface area contributed by atoms with Crippen LogP contribution in [0.1, 0.15) is 22.3 Å². The minimum Gasteiger partial charge on any atom is -0.376 e. The normalized spacial score (nSPS) is 20.4. The Morgan fingerprint density at radius 3 is 2.95 bits per heavy atom. The molecule has 0 N–H and O–H groups in total. The molecule has 0 atom stereocenters. The number of hydrogen-bond acceptors (Lipinski definition) is 3. The molecule has 0 saturated carbocycles. The number of aryl methyl sites for hydroxylation is 1. The van der Waals surface area contributed by atoms with E-state index in [1.807, 2.05) is 30.2 Å². The maximum absolute atomic E-state index is 12.6. The van der Waals surface area contributed by atoms with Crippen LogP contribution in [-0.4, -0.2) is 45.7 Å². The zero-order valence-electron chi connectivity index (χ0n) is 10.8. The van der Waals surface area contributed by atoms with Gasteiger partial charge in [-0.2, -0.15) is 5.10 Å². The summed E-state index contributed by atoms with van der Waals surface area (Å²) < 4.78 is 7.02. The van der Waals surface area contributed by atoms with Gasteiger partial charge in [-0.05, 0) is 31.0 Å². The summed E-state index contributed by atoms with van der Waals surface area (Å²) in [5.41, 5.74) is 2.68. The van der Waals surface area contributed by atoms with E-state index in [1.54, 1.807) is 10.7 Å². The molecule has 4 heterocycles. The number of aromatic nitrogens is 2. The minimum atomic E-state index is -0.0187. The van der Waals surface area contributed by atoms with E-state index in [4.69, 9.17) is 4.74 Å². The lowest BCUT2D eigenvalue weighted by Crippen LogP contribution is -2.72. The fourth-order valence-electron chi connectivity index (χ4n) is 2.89. The van der Waals surface area contributed by atoms with Gasteiger partial charge in [-0.1, -0.05) is 0 Å². The molecule has 98 valence electrons. The maximum atomic E-state index is 12.6. The van der Waals surface area contributed by atoms with E-state index in [0.29, 0.717) is 18.8 Å². The molecule has 2 aromatic heterocycles. The van der Waals surface area contributed by atoms with Crippen molar-refractivity contribution in [3.8, 4) is 0 Å². The van der Waals surface area contributed by atoms with Gasteiger partial charge in [-0.3, -0.25) is 4.79 Å². The third kappa shape index (κ3) is 1.39. The number of carbonyl (C=O) groups is 1. The van der Waals surface area contributed by atoms with Crippen LogP contribution in [0.25, 0.3) is 5.52 Å². The van der Waals surface area contributed by atoms with Crippen LogP contribution >= 0.6 is 0 Å². The van der Waals surface area contributed by atoms with Gasteiger partial charge in [-0.15, -0.1) is 0 Å².